The molecule has 0 atom stereocenters. The summed E-state index contributed by atoms with van der Waals surface area (Å²) in [6, 6.07) is 4.46. The molecule has 0 unspecified atom stereocenters. The Balaban J connectivity index is 2.34. The number of pyridine rings is 1. The predicted octanol–water partition coefficient (Wildman–Crippen LogP) is 3.81. The number of nitrogens with one attached hydrogen (secondary N) is 1. The van der Waals surface area contributed by atoms with Crippen LogP contribution in [0.1, 0.15) is 5.69 Å². The van der Waals surface area contributed by atoms with Gasteiger partial charge < -0.3 is 4.74 Å². The van der Waals surface area contributed by atoms with Crippen LogP contribution in [0.4, 0.5) is 23.2 Å². The molecule has 11 heteroatoms. The fourth-order valence-corrected chi connectivity index (χ4v) is 3.32. The molecule has 130 valence electrons. The van der Waals surface area contributed by atoms with Gasteiger partial charge in [-0.05, 0) is 46.3 Å². The molecule has 0 aliphatic heterocycles. The van der Waals surface area contributed by atoms with E-state index in [1.807, 2.05) is 4.72 Å². The van der Waals surface area contributed by atoms with Crippen molar-refractivity contribution in [3.8, 4) is 5.75 Å². The second-order valence-electron chi connectivity index (χ2n) is 4.43. The van der Waals surface area contributed by atoms with E-state index in [2.05, 4.69) is 25.7 Å². The molecular weight excluding hydrogens is 420 g/mol. The Kier molecular flexibility index (Phi) is 5.04. The molecule has 1 aromatic carbocycles. The molecule has 0 radical (unpaired) electrons. The third kappa shape index (κ3) is 3.96. The Labute approximate surface area is 142 Å². The molecule has 0 saturated carbocycles. The number of ether oxygens (including phenoxy) is 1. The van der Waals surface area contributed by atoms with Gasteiger partial charge in [-0.15, -0.1) is 0 Å². The first-order valence-corrected chi connectivity index (χ1v) is 8.42. The van der Waals surface area contributed by atoms with Gasteiger partial charge in [-0.25, -0.2) is 17.8 Å². The largest absolute Gasteiger partial charge is 0.494 e. The predicted molar refractivity (Wildman–Crippen MR) is 80.7 cm³/mol. The van der Waals surface area contributed by atoms with Gasteiger partial charge in [0.2, 0.25) is 0 Å². The highest BCUT2D eigenvalue weighted by Gasteiger charge is 2.33. The highest BCUT2D eigenvalue weighted by molar-refractivity contribution is 9.10. The molecule has 1 N–H and O–H groups in total. The van der Waals surface area contributed by atoms with E-state index in [1.54, 1.807) is 0 Å². The number of alkyl halides is 3. The second kappa shape index (κ2) is 6.55. The van der Waals surface area contributed by atoms with E-state index in [-0.39, 0.29) is 16.0 Å². The van der Waals surface area contributed by atoms with E-state index < -0.39 is 32.6 Å². The van der Waals surface area contributed by atoms with Gasteiger partial charge >= 0.3 is 6.18 Å². The van der Waals surface area contributed by atoms with E-state index in [9.17, 15) is 26.0 Å². The number of sulfonamides is 1. The average Bonchev–Trinajstić information content (AvgIpc) is 2.48. The van der Waals surface area contributed by atoms with Crippen molar-refractivity contribution in [3.63, 3.8) is 0 Å². The molecule has 24 heavy (non-hydrogen) atoms. The lowest BCUT2D eigenvalue weighted by atomic mass is 10.3. The van der Waals surface area contributed by atoms with Crippen molar-refractivity contribution in [1.29, 1.82) is 0 Å². The number of aromatic nitrogens is 1. The zero-order valence-corrected chi connectivity index (χ0v) is 14.3. The van der Waals surface area contributed by atoms with Gasteiger partial charge in [0.1, 0.15) is 10.3 Å². The molecule has 2 aromatic rings. The summed E-state index contributed by atoms with van der Waals surface area (Å²) in [6.45, 7) is 0. The lowest BCUT2D eigenvalue weighted by Crippen LogP contribution is -2.15. The van der Waals surface area contributed by atoms with E-state index in [0.29, 0.717) is 6.07 Å². The Morgan fingerprint density at radius 3 is 2.38 bits per heavy atom. The molecule has 0 aliphatic rings. The molecule has 0 spiro atoms. The number of methoxy groups -OCH3 is 1. The Morgan fingerprint density at radius 1 is 1.21 bits per heavy atom. The first kappa shape index (κ1) is 18.5. The smallest absolute Gasteiger partial charge is 0.433 e. The summed E-state index contributed by atoms with van der Waals surface area (Å²) in [5.74, 6) is -1.05. The van der Waals surface area contributed by atoms with Crippen molar-refractivity contribution in [1.82, 2.24) is 4.98 Å². The minimum absolute atomic E-state index is 0.147. The first-order valence-electron chi connectivity index (χ1n) is 6.14. The minimum atomic E-state index is -4.67. The third-order valence-electron chi connectivity index (χ3n) is 2.82. The zero-order valence-electron chi connectivity index (χ0n) is 11.9. The van der Waals surface area contributed by atoms with Gasteiger partial charge in [0.25, 0.3) is 10.0 Å². The SMILES string of the molecule is COc1ccc(S(=O)(=O)Nc2ccc(C(F)(F)F)nc2Br)cc1F. The summed E-state index contributed by atoms with van der Waals surface area (Å²) < 4.78 is 82.0. The van der Waals surface area contributed by atoms with Gasteiger partial charge in [-0.1, -0.05) is 0 Å². The van der Waals surface area contributed by atoms with Crippen molar-refractivity contribution in [2.24, 2.45) is 0 Å². The summed E-state index contributed by atoms with van der Waals surface area (Å²) in [4.78, 5) is 2.81. The lowest BCUT2D eigenvalue weighted by Gasteiger charge is -2.12. The highest BCUT2D eigenvalue weighted by Crippen LogP contribution is 2.32. The zero-order chi connectivity index (χ0) is 18.1. The molecule has 1 aromatic heterocycles. The molecular formula is C13H9BrF4N2O3S. The normalized spacial score (nSPS) is 12.1. The number of anilines is 1. The molecule has 0 aliphatic carbocycles. The van der Waals surface area contributed by atoms with E-state index >= 15 is 0 Å². The van der Waals surface area contributed by atoms with E-state index in [1.165, 1.54) is 7.11 Å². The lowest BCUT2D eigenvalue weighted by molar-refractivity contribution is -0.141. The van der Waals surface area contributed by atoms with Crippen LogP contribution in [-0.2, 0) is 16.2 Å². The van der Waals surface area contributed by atoms with Crippen LogP contribution in [0, 0.1) is 5.82 Å². The summed E-state index contributed by atoms with van der Waals surface area (Å²) in [5.41, 5.74) is -1.41. The molecule has 0 bridgehead atoms. The fourth-order valence-electron chi connectivity index (χ4n) is 1.69. The average molecular weight is 429 g/mol. The maximum Gasteiger partial charge on any atom is 0.433 e. The topological polar surface area (TPSA) is 68.3 Å². The number of benzene rings is 1. The van der Waals surface area contributed by atoms with Crippen molar-refractivity contribution in [2.75, 3.05) is 11.8 Å². The molecule has 0 fully saturated rings. The highest BCUT2D eigenvalue weighted by atomic mass is 79.9. The van der Waals surface area contributed by atoms with E-state index in [0.717, 1.165) is 24.3 Å². The van der Waals surface area contributed by atoms with Crippen LogP contribution in [-0.4, -0.2) is 20.5 Å². The van der Waals surface area contributed by atoms with E-state index in [4.69, 9.17) is 0 Å². The summed E-state index contributed by atoms with van der Waals surface area (Å²) in [6.07, 6.45) is -4.67. The standard InChI is InChI=1S/C13H9BrF4N2O3S/c1-23-10-4-2-7(6-8(10)15)24(21,22)20-9-3-5-11(13(16,17)18)19-12(9)14/h2-6,20H,1H3. The number of nitrogens with zero attached hydrogens (tertiary/aromatic N) is 1. The van der Waals surface area contributed by atoms with Gasteiger partial charge in [0, 0.05) is 0 Å². The van der Waals surface area contributed by atoms with Gasteiger partial charge in [-0.3, -0.25) is 4.72 Å². The van der Waals surface area contributed by atoms with Crippen LogP contribution in [0.25, 0.3) is 0 Å². The van der Waals surface area contributed by atoms with Crippen LogP contribution in [0.5, 0.6) is 5.75 Å². The molecule has 1 heterocycles. The van der Waals surface area contributed by atoms with Gasteiger partial charge in [-0.2, -0.15) is 13.2 Å². The van der Waals surface area contributed by atoms with Gasteiger partial charge in [0.15, 0.2) is 11.6 Å². The van der Waals surface area contributed by atoms with Crippen molar-refractivity contribution >= 4 is 31.6 Å². The van der Waals surface area contributed by atoms with Crippen LogP contribution in [0.2, 0.25) is 0 Å². The number of rotatable bonds is 4. The summed E-state index contributed by atoms with van der Waals surface area (Å²) in [7, 11) is -3.01. The van der Waals surface area contributed by atoms with Crippen LogP contribution >= 0.6 is 15.9 Å². The number of hydrogen-bond donors (Lipinski definition) is 1. The monoisotopic (exact) mass is 428 g/mol. The van der Waals surface area contributed by atoms with Crippen molar-refractivity contribution < 1.29 is 30.7 Å². The summed E-state index contributed by atoms with van der Waals surface area (Å²) >= 11 is 2.77. The fraction of sp³-hybridized carbons (Fsp3) is 0.154. The molecule has 2 rings (SSSR count). The van der Waals surface area contributed by atoms with Crippen LogP contribution in [0.15, 0.2) is 39.8 Å². The Morgan fingerprint density at radius 2 is 1.88 bits per heavy atom. The van der Waals surface area contributed by atoms with Crippen molar-refractivity contribution in [3.05, 3.63) is 46.4 Å². The number of halogens is 5. The van der Waals surface area contributed by atoms with Crippen LogP contribution < -0.4 is 9.46 Å². The molecule has 0 amide bonds. The quantitative estimate of drug-likeness (QED) is 0.593. The third-order valence-corrected chi connectivity index (χ3v) is 4.78. The number of hydrogen-bond acceptors (Lipinski definition) is 4. The maximum atomic E-state index is 13.6. The molecule has 0 saturated heterocycles. The minimum Gasteiger partial charge on any atom is -0.494 e. The van der Waals surface area contributed by atoms with Gasteiger partial charge in [0.05, 0.1) is 17.7 Å². The summed E-state index contributed by atoms with van der Waals surface area (Å²) in [5, 5.41) is 0. The van der Waals surface area contributed by atoms with Crippen molar-refractivity contribution in [2.45, 2.75) is 11.1 Å². The molecule has 5 nitrogen and oxygen atoms in total. The Hall–Kier alpha value is -1.88. The van der Waals surface area contributed by atoms with Crippen LogP contribution in [0.3, 0.4) is 0 Å². The first-order chi connectivity index (χ1) is 11.0. The maximum absolute atomic E-state index is 13.6. The Bertz CT molecular complexity index is 872. The second-order valence-corrected chi connectivity index (χ2v) is 6.87.